The van der Waals surface area contributed by atoms with Crippen molar-refractivity contribution in [3.05, 3.63) is 95.1 Å². The molecule has 8 heteroatoms. The molecule has 0 unspecified atom stereocenters. The van der Waals surface area contributed by atoms with Gasteiger partial charge in [0.1, 0.15) is 0 Å². The summed E-state index contributed by atoms with van der Waals surface area (Å²) in [6.45, 7) is 11.9. The Labute approximate surface area is 261 Å². The summed E-state index contributed by atoms with van der Waals surface area (Å²) in [5.41, 5.74) is 3.50. The molecule has 0 radical (unpaired) electrons. The summed E-state index contributed by atoms with van der Waals surface area (Å²) in [5, 5.41) is 19.1. The Morgan fingerprint density at radius 2 is 1.57 bits per heavy atom. The van der Waals surface area contributed by atoms with Crippen LogP contribution in [0, 0.1) is 17.2 Å². The van der Waals surface area contributed by atoms with Gasteiger partial charge in [0.15, 0.2) is 0 Å². The second-order valence-corrected chi connectivity index (χ2v) is 11.5. The minimum atomic E-state index is -0.447. The van der Waals surface area contributed by atoms with Gasteiger partial charge in [-0.1, -0.05) is 69.3 Å². The minimum Gasteiger partial charge on any atom is -0.354 e. The molecule has 0 saturated heterocycles. The van der Waals surface area contributed by atoms with Crippen LogP contribution in [0.3, 0.4) is 0 Å². The van der Waals surface area contributed by atoms with Gasteiger partial charge in [-0.3, -0.25) is 14.4 Å². The average molecular weight is 596 g/mol. The van der Waals surface area contributed by atoms with E-state index in [9.17, 15) is 19.6 Å². The van der Waals surface area contributed by atoms with Crippen molar-refractivity contribution in [2.24, 2.45) is 5.92 Å². The quantitative estimate of drug-likeness (QED) is 0.224. The zero-order valence-corrected chi connectivity index (χ0v) is 26.5. The van der Waals surface area contributed by atoms with Crippen molar-refractivity contribution in [2.75, 3.05) is 26.2 Å². The zero-order valence-electron chi connectivity index (χ0n) is 26.5. The number of hydrogen-bond donors (Lipinski definition) is 3. The van der Waals surface area contributed by atoms with Crippen LogP contribution in [-0.2, 0) is 11.2 Å². The van der Waals surface area contributed by atoms with Crippen molar-refractivity contribution in [3.63, 3.8) is 0 Å². The molecule has 44 heavy (non-hydrogen) atoms. The molecule has 0 saturated carbocycles. The summed E-state index contributed by atoms with van der Waals surface area (Å²) in [6.07, 6.45) is 1.36. The van der Waals surface area contributed by atoms with Crippen molar-refractivity contribution >= 4 is 17.7 Å². The Kier molecular flexibility index (Phi) is 13.1. The van der Waals surface area contributed by atoms with Crippen LogP contribution in [0.15, 0.2) is 72.8 Å². The van der Waals surface area contributed by atoms with Gasteiger partial charge in [-0.2, -0.15) is 5.26 Å². The number of nitrogens with zero attached hydrogens (tertiary/aromatic N) is 2. The molecule has 8 nitrogen and oxygen atoms in total. The molecule has 0 heterocycles. The third kappa shape index (κ3) is 9.78. The van der Waals surface area contributed by atoms with Crippen LogP contribution in [0.25, 0.3) is 11.1 Å². The first kappa shape index (κ1) is 34.0. The van der Waals surface area contributed by atoms with Crippen LogP contribution in [0.4, 0.5) is 0 Å². The van der Waals surface area contributed by atoms with Crippen LogP contribution in [0.5, 0.6) is 0 Å². The van der Waals surface area contributed by atoms with Crippen molar-refractivity contribution in [1.29, 1.82) is 5.26 Å². The maximum absolute atomic E-state index is 13.9. The Morgan fingerprint density at radius 1 is 0.886 bits per heavy atom. The highest BCUT2D eigenvalue weighted by molar-refractivity contribution is 6.02. The highest BCUT2D eigenvalue weighted by atomic mass is 16.2. The molecule has 2 atom stereocenters. The van der Waals surface area contributed by atoms with E-state index in [1.807, 2.05) is 70.2 Å². The third-order valence-corrected chi connectivity index (χ3v) is 7.37. The molecule has 0 aliphatic carbocycles. The van der Waals surface area contributed by atoms with Crippen LogP contribution in [0.1, 0.15) is 72.9 Å². The molecule has 0 aliphatic rings. The molecule has 0 aromatic heterocycles. The molecule has 3 aromatic rings. The summed E-state index contributed by atoms with van der Waals surface area (Å²) in [5.74, 6) is -0.254. The Balaban J connectivity index is 1.94. The van der Waals surface area contributed by atoms with E-state index in [1.54, 1.807) is 42.2 Å². The number of rotatable bonds is 15. The lowest BCUT2D eigenvalue weighted by Gasteiger charge is -2.23. The zero-order chi connectivity index (χ0) is 32.1. The molecule has 0 spiro atoms. The van der Waals surface area contributed by atoms with Crippen molar-refractivity contribution in [1.82, 2.24) is 20.9 Å². The van der Waals surface area contributed by atoms with Gasteiger partial charge in [0.25, 0.3) is 11.8 Å². The smallest absolute Gasteiger partial charge is 0.253 e. The van der Waals surface area contributed by atoms with Gasteiger partial charge in [-0.05, 0) is 73.6 Å². The predicted molar refractivity (Wildman–Crippen MR) is 175 cm³/mol. The summed E-state index contributed by atoms with van der Waals surface area (Å²) in [7, 11) is 0. The second-order valence-electron chi connectivity index (χ2n) is 11.5. The molecule has 3 aromatic carbocycles. The Hall–Kier alpha value is -4.48. The molecule has 3 amide bonds. The molecule has 232 valence electrons. The fourth-order valence-electron chi connectivity index (χ4n) is 4.94. The molecule has 0 aliphatic heterocycles. The Bertz CT molecular complexity index is 1450. The lowest BCUT2D eigenvalue weighted by Crippen LogP contribution is -2.50. The van der Waals surface area contributed by atoms with Gasteiger partial charge >= 0.3 is 0 Å². The molecule has 0 bridgehead atoms. The fraction of sp³-hybridized carbons (Fsp3) is 0.389. The van der Waals surface area contributed by atoms with E-state index in [0.717, 1.165) is 12.0 Å². The van der Waals surface area contributed by atoms with Gasteiger partial charge in [-0.15, -0.1) is 0 Å². The Morgan fingerprint density at radius 3 is 2.23 bits per heavy atom. The molecular formula is C36H45N5O3. The fourth-order valence-corrected chi connectivity index (χ4v) is 4.94. The van der Waals surface area contributed by atoms with E-state index in [0.29, 0.717) is 66.3 Å². The van der Waals surface area contributed by atoms with Gasteiger partial charge in [-0.25, -0.2) is 0 Å². The van der Waals surface area contributed by atoms with Gasteiger partial charge in [0.05, 0.1) is 17.7 Å². The van der Waals surface area contributed by atoms with Crippen LogP contribution in [-0.4, -0.2) is 60.9 Å². The highest BCUT2D eigenvalue weighted by Gasteiger charge is 2.22. The van der Waals surface area contributed by atoms with Crippen LogP contribution in [0.2, 0.25) is 0 Å². The van der Waals surface area contributed by atoms with Crippen LogP contribution < -0.4 is 16.0 Å². The molecule has 0 fully saturated rings. The number of nitriles is 1. The maximum Gasteiger partial charge on any atom is 0.253 e. The first-order valence-corrected chi connectivity index (χ1v) is 15.5. The normalized spacial score (nSPS) is 12.2. The first-order chi connectivity index (χ1) is 21.2. The molecule has 3 N–H and O–H groups in total. The van der Waals surface area contributed by atoms with Crippen LogP contribution >= 0.6 is 0 Å². The van der Waals surface area contributed by atoms with Gasteiger partial charge in [0, 0.05) is 43.3 Å². The summed E-state index contributed by atoms with van der Waals surface area (Å²) in [6, 6.07) is 23.6. The predicted octanol–water partition coefficient (Wildman–Crippen LogP) is 5.19. The SMILES string of the molecule is CCCN(CC)C(=O)c1cc(C(=O)N[C@H](CN[C@@H](C)C(=O)NCC(C)C)Cc2ccccc2)cc(-c2ccccc2C#N)c1. The van der Waals surface area contributed by atoms with E-state index in [4.69, 9.17) is 0 Å². The third-order valence-electron chi connectivity index (χ3n) is 7.37. The number of nitrogens with one attached hydrogen (secondary N) is 3. The number of amides is 3. The van der Waals surface area contributed by atoms with Gasteiger partial charge in [0.2, 0.25) is 5.91 Å². The average Bonchev–Trinajstić information content (AvgIpc) is 3.04. The second kappa shape index (κ2) is 17.0. The molecule has 3 rings (SSSR count). The van der Waals surface area contributed by atoms with Crippen molar-refractivity contribution in [2.45, 2.75) is 59.5 Å². The monoisotopic (exact) mass is 595 g/mol. The summed E-state index contributed by atoms with van der Waals surface area (Å²) < 4.78 is 0. The largest absolute Gasteiger partial charge is 0.354 e. The van der Waals surface area contributed by atoms with E-state index in [1.165, 1.54) is 0 Å². The van der Waals surface area contributed by atoms with E-state index in [2.05, 4.69) is 22.0 Å². The molecular weight excluding hydrogens is 550 g/mol. The van der Waals surface area contributed by atoms with E-state index in [-0.39, 0.29) is 23.8 Å². The van der Waals surface area contributed by atoms with Crippen molar-refractivity contribution < 1.29 is 14.4 Å². The summed E-state index contributed by atoms with van der Waals surface area (Å²) in [4.78, 5) is 41.8. The topological polar surface area (TPSA) is 114 Å². The van der Waals surface area contributed by atoms with E-state index >= 15 is 0 Å². The van der Waals surface area contributed by atoms with Crippen molar-refractivity contribution in [3.8, 4) is 17.2 Å². The minimum absolute atomic E-state index is 0.0944. The first-order valence-electron chi connectivity index (χ1n) is 15.5. The highest BCUT2D eigenvalue weighted by Crippen LogP contribution is 2.27. The summed E-state index contributed by atoms with van der Waals surface area (Å²) >= 11 is 0. The number of carbonyl (C=O) groups excluding carboxylic acids is 3. The standard InChI is InChI=1S/C36H45N5O3/c1-6-17-41(7-2)36(44)31-20-29(33-16-12-11-15-28(33)22-37)19-30(21-31)35(43)40-32(18-27-13-9-8-10-14-27)24-38-26(5)34(42)39-23-25(3)4/h8-16,19-21,25-26,32,38H,6-7,17-18,23-24H2,1-5H3,(H,39,42)(H,40,43)/t26-,32-/m0/s1. The number of carbonyl (C=O) groups is 3. The number of benzene rings is 3. The lowest BCUT2D eigenvalue weighted by molar-refractivity contribution is -0.122. The van der Waals surface area contributed by atoms with Gasteiger partial charge < -0.3 is 20.9 Å². The maximum atomic E-state index is 13.9. The number of hydrogen-bond acceptors (Lipinski definition) is 5. The van der Waals surface area contributed by atoms with E-state index < -0.39 is 6.04 Å². The lowest BCUT2D eigenvalue weighted by atomic mass is 9.95.